The summed E-state index contributed by atoms with van der Waals surface area (Å²) in [6, 6.07) is 14.1. The number of hydrogen-bond acceptors (Lipinski definition) is 2. The van der Waals surface area contributed by atoms with E-state index in [0.717, 1.165) is 5.56 Å². The molecule has 1 aromatic heterocycles. The lowest BCUT2D eigenvalue weighted by Gasteiger charge is -2.23. The Morgan fingerprint density at radius 2 is 2.00 bits per heavy atom. The Labute approximate surface area is 124 Å². The van der Waals surface area contributed by atoms with Crippen molar-refractivity contribution in [3.05, 3.63) is 58.3 Å². The predicted molar refractivity (Wildman–Crippen MR) is 83.8 cm³/mol. The van der Waals surface area contributed by atoms with E-state index in [1.54, 1.807) is 11.3 Å². The third-order valence-electron chi connectivity index (χ3n) is 3.24. The van der Waals surface area contributed by atoms with Crippen LogP contribution in [0.15, 0.2) is 47.8 Å². The molecule has 0 saturated heterocycles. The molecule has 106 valence electrons. The number of nitrogens with zero attached hydrogens (tertiary/aromatic N) is 1. The van der Waals surface area contributed by atoms with Gasteiger partial charge < -0.3 is 10.2 Å². The van der Waals surface area contributed by atoms with E-state index < -0.39 is 0 Å². The van der Waals surface area contributed by atoms with Crippen LogP contribution in [-0.4, -0.2) is 17.5 Å². The summed E-state index contributed by atoms with van der Waals surface area (Å²) in [5.41, 5.74) is 1.12. The van der Waals surface area contributed by atoms with Gasteiger partial charge in [0.05, 0.1) is 12.6 Å². The molecule has 0 saturated carbocycles. The zero-order chi connectivity index (χ0) is 14.4. The summed E-state index contributed by atoms with van der Waals surface area (Å²) < 4.78 is 0. The lowest BCUT2D eigenvalue weighted by molar-refractivity contribution is 0.195. The summed E-state index contributed by atoms with van der Waals surface area (Å²) in [4.78, 5) is 15.3. The lowest BCUT2D eigenvalue weighted by atomic mass is 10.1. The summed E-state index contributed by atoms with van der Waals surface area (Å²) in [5.74, 6) is 0. The smallest absolute Gasteiger partial charge is 0.318 e. The number of benzene rings is 1. The van der Waals surface area contributed by atoms with Gasteiger partial charge in [0, 0.05) is 11.4 Å². The van der Waals surface area contributed by atoms with E-state index in [2.05, 4.69) is 11.4 Å². The van der Waals surface area contributed by atoms with Crippen molar-refractivity contribution in [1.82, 2.24) is 10.2 Å². The molecule has 2 amide bonds. The SMILES string of the molecule is CCN(Cc1cccs1)C(=O)NC(C)c1ccccc1. The number of carbonyl (C=O) groups is 1. The highest BCUT2D eigenvalue weighted by molar-refractivity contribution is 7.09. The fourth-order valence-corrected chi connectivity index (χ4v) is 2.74. The number of thiophene rings is 1. The van der Waals surface area contributed by atoms with Crippen molar-refractivity contribution in [2.75, 3.05) is 6.54 Å². The van der Waals surface area contributed by atoms with Crippen molar-refractivity contribution in [1.29, 1.82) is 0 Å². The molecule has 0 aliphatic rings. The minimum atomic E-state index is -0.0164. The van der Waals surface area contributed by atoms with Crippen LogP contribution >= 0.6 is 11.3 Å². The normalized spacial score (nSPS) is 11.9. The third kappa shape index (κ3) is 3.84. The molecule has 3 nitrogen and oxygen atoms in total. The van der Waals surface area contributed by atoms with Crippen LogP contribution < -0.4 is 5.32 Å². The largest absolute Gasteiger partial charge is 0.331 e. The maximum atomic E-state index is 12.3. The Morgan fingerprint density at radius 3 is 2.60 bits per heavy atom. The Kier molecular flexibility index (Phi) is 5.18. The van der Waals surface area contributed by atoms with E-state index in [4.69, 9.17) is 0 Å². The topological polar surface area (TPSA) is 32.3 Å². The molecule has 1 heterocycles. The number of urea groups is 1. The molecule has 1 unspecified atom stereocenters. The van der Waals surface area contributed by atoms with Crippen LogP contribution in [0.4, 0.5) is 4.79 Å². The van der Waals surface area contributed by atoms with Crippen molar-refractivity contribution >= 4 is 17.4 Å². The van der Waals surface area contributed by atoms with E-state index in [0.29, 0.717) is 13.1 Å². The van der Waals surface area contributed by atoms with Gasteiger partial charge in [-0.25, -0.2) is 4.79 Å². The minimum Gasteiger partial charge on any atom is -0.331 e. The number of amides is 2. The summed E-state index contributed by atoms with van der Waals surface area (Å²) in [7, 11) is 0. The van der Waals surface area contributed by atoms with E-state index in [1.807, 2.05) is 60.5 Å². The predicted octanol–water partition coefficient (Wildman–Crippen LogP) is 4.04. The molecule has 1 N–H and O–H groups in total. The van der Waals surface area contributed by atoms with E-state index >= 15 is 0 Å². The summed E-state index contributed by atoms with van der Waals surface area (Å²) in [6.45, 7) is 5.37. The maximum Gasteiger partial charge on any atom is 0.318 e. The Bertz CT molecular complexity index is 525. The van der Waals surface area contributed by atoms with E-state index in [-0.39, 0.29) is 12.1 Å². The van der Waals surface area contributed by atoms with E-state index in [1.165, 1.54) is 4.88 Å². The molecule has 2 rings (SSSR count). The second-order valence-corrected chi connectivity index (χ2v) is 5.71. The summed E-state index contributed by atoms with van der Waals surface area (Å²) in [5, 5.41) is 5.09. The van der Waals surface area contributed by atoms with Gasteiger partial charge in [0.25, 0.3) is 0 Å². The van der Waals surface area contributed by atoms with Crippen molar-refractivity contribution in [3.8, 4) is 0 Å². The van der Waals surface area contributed by atoms with Crippen LogP contribution in [0.5, 0.6) is 0 Å². The minimum absolute atomic E-state index is 0.0149. The molecule has 0 bridgehead atoms. The van der Waals surface area contributed by atoms with Gasteiger partial charge in [-0.3, -0.25) is 0 Å². The summed E-state index contributed by atoms with van der Waals surface area (Å²) >= 11 is 1.68. The first-order chi connectivity index (χ1) is 9.70. The fourth-order valence-electron chi connectivity index (χ4n) is 2.02. The highest BCUT2D eigenvalue weighted by atomic mass is 32.1. The molecule has 20 heavy (non-hydrogen) atoms. The molecular weight excluding hydrogens is 268 g/mol. The van der Waals surface area contributed by atoms with Gasteiger partial charge in [0.2, 0.25) is 0 Å². The van der Waals surface area contributed by atoms with Gasteiger partial charge in [-0.05, 0) is 30.9 Å². The molecule has 0 aliphatic carbocycles. The fraction of sp³-hybridized carbons (Fsp3) is 0.312. The van der Waals surface area contributed by atoms with Gasteiger partial charge in [0.15, 0.2) is 0 Å². The lowest BCUT2D eigenvalue weighted by Crippen LogP contribution is -2.40. The van der Waals surface area contributed by atoms with Gasteiger partial charge in [-0.15, -0.1) is 11.3 Å². The quantitative estimate of drug-likeness (QED) is 0.884. The monoisotopic (exact) mass is 288 g/mol. The van der Waals surface area contributed by atoms with Gasteiger partial charge in [0.1, 0.15) is 0 Å². The Morgan fingerprint density at radius 1 is 1.25 bits per heavy atom. The molecular formula is C16H20N2OS. The molecule has 1 aromatic carbocycles. The molecule has 2 aromatic rings. The molecule has 4 heteroatoms. The van der Waals surface area contributed by atoms with Crippen molar-refractivity contribution in [3.63, 3.8) is 0 Å². The van der Waals surface area contributed by atoms with Gasteiger partial charge >= 0.3 is 6.03 Å². The molecule has 0 fully saturated rings. The van der Waals surface area contributed by atoms with Gasteiger partial charge in [-0.1, -0.05) is 36.4 Å². The maximum absolute atomic E-state index is 12.3. The van der Waals surface area contributed by atoms with Crippen molar-refractivity contribution in [2.45, 2.75) is 26.4 Å². The first-order valence-corrected chi connectivity index (χ1v) is 7.71. The molecule has 0 radical (unpaired) electrons. The van der Waals surface area contributed by atoms with Gasteiger partial charge in [-0.2, -0.15) is 0 Å². The van der Waals surface area contributed by atoms with Crippen molar-refractivity contribution in [2.24, 2.45) is 0 Å². The average Bonchev–Trinajstić information content (AvgIpc) is 2.98. The number of hydrogen-bond donors (Lipinski definition) is 1. The van der Waals surface area contributed by atoms with Crippen LogP contribution in [0.1, 0.15) is 30.3 Å². The highest BCUT2D eigenvalue weighted by Gasteiger charge is 2.15. The highest BCUT2D eigenvalue weighted by Crippen LogP contribution is 2.14. The van der Waals surface area contributed by atoms with Crippen molar-refractivity contribution < 1.29 is 4.79 Å². The van der Waals surface area contributed by atoms with Crippen LogP contribution in [0.25, 0.3) is 0 Å². The number of nitrogens with one attached hydrogen (secondary N) is 1. The molecule has 0 aliphatic heterocycles. The Balaban J connectivity index is 1.95. The average molecular weight is 288 g/mol. The zero-order valence-electron chi connectivity index (χ0n) is 11.9. The molecule has 1 atom stereocenters. The van der Waals surface area contributed by atoms with Crippen LogP contribution in [-0.2, 0) is 6.54 Å². The second kappa shape index (κ2) is 7.10. The van der Waals surface area contributed by atoms with Crippen LogP contribution in [0.2, 0.25) is 0 Å². The second-order valence-electron chi connectivity index (χ2n) is 4.68. The zero-order valence-corrected chi connectivity index (χ0v) is 12.7. The summed E-state index contributed by atoms with van der Waals surface area (Å²) in [6.07, 6.45) is 0. The van der Waals surface area contributed by atoms with E-state index in [9.17, 15) is 4.79 Å². The number of rotatable bonds is 5. The number of carbonyl (C=O) groups excluding carboxylic acids is 1. The van der Waals surface area contributed by atoms with Crippen LogP contribution in [0.3, 0.4) is 0 Å². The standard InChI is InChI=1S/C16H20N2OS/c1-3-18(12-15-10-7-11-20-15)16(19)17-13(2)14-8-5-4-6-9-14/h4-11,13H,3,12H2,1-2H3,(H,17,19). The molecule has 0 spiro atoms. The first kappa shape index (κ1) is 14.6. The Hall–Kier alpha value is -1.81. The van der Waals surface area contributed by atoms with Crippen LogP contribution in [0, 0.1) is 0 Å². The first-order valence-electron chi connectivity index (χ1n) is 6.83. The third-order valence-corrected chi connectivity index (χ3v) is 4.10.